The van der Waals surface area contributed by atoms with Crippen LogP contribution in [0.4, 0.5) is 5.82 Å². The van der Waals surface area contributed by atoms with Crippen LogP contribution in [-0.2, 0) is 10.0 Å². The third kappa shape index (κ3) is 4.00. The zero-order valence-electron chi connectivity index (χ0n) is 15.7. The standard InChI is InChI=1S/C18H21ClN6O3S/c1-28-13-3-2-4-14(9-13)29(26,27)24-11-5-7-12(8-6-11)25-10-21-15-16(20)22-18(19)23-17(15)25/h2-4,9-12,24H,5-8H2,1H3,(H2,20,22,23)/t11-,12+. The summed E-state index contributed by atoms with van der Waals surface area (Å²) in [5, 5.41) is 0.0801. The fourth-order valence-electron chi connectivity index (χ4n) is 3.71. The number of hydrogen-bond acceptors (Lipinski definition) is 7. The number of benzene rings is 1. The van der Waals surface area contributed by atoms with Crippen LogP contribution in [0.1, 0.15) is 31.7 Å². The first-order valence-corrected chi connectivity index (χ1v) is 11.1. The van der Waals surface area contributed by atoms with Crippen LogP contribution in [0.2, 0.25) is 5.28 Å². The summed E-state index contributed by atoms with van der Waals surface area (Å²) in [6.07, 6.45) is 4.64. The number of halogens is 1. The summed E-state index contributed by atoms with van der Waals surface area (Å²) < 4.78 is 35.3. The largest absolute Gasteiger partial charge is 0.497 e. The van der Waals surface area contributed by atoms with Crippen molar-refractivity contribution in [1.29, 1.82) is 0 Å². The molecule has 0 unspecified atom stereocenters. The van der Waals surface area contributed by atoms with E-state index in [2.05, 4.69) is 19.7 Å². The zero-order chi connectivity index (χ0) is 20.6. The molecule has 2 aromatic heterocycles. The third-order valence-corrected chi connectivity index (χ3v) is 6.87. The second-order valence-electron chi connectivity index (χ2n) is 7.01. The lowest BCUT2D eigenvalue weighted by atomic mass is 9.92. The zero-order valence-corrected chi connectivity index (χ0v) is 17.3. The lowest BCUT2D eigenvalue weighted by Gasteiger charge is -2.29. The smallest absolute Gasteiger partial charge is 0.240 e. The van der Waals surface area contributed by atoms with Gasteiger partial charge in [0.2, 0.25) is 15.3 Å². The number of nitrogens with zero attached hydrogens (tertiary/aromatic N) is 4. The molecule has 3 N–H and O–H groups in total. The Morgan fingerprint density at radius 2 is 2.00 bits per heavy atom. The van der Waals surface area contributed by atoms with Gasteiger partial charge in [-0.25, -0.2) is 18.1 Å². The van der Waals surface area contributed by atoms with Crippen LogP contribution in [0, 0.1) is 0 Å². The predicted molar refractivity (Wildman–Crippen MR) is 109 cm³/mol. The van der Waals surface area contributed by atoms with Gasteiger partial charge in [0.25, 0.3) is 0 Å². The Balaban J connectivity index is 1.46. The van der Waals surface area contributed by atoms with Crippen LogP contribution in [-0.4, -0.2) is 41.1 Å². The van der Waals surface area contributed by atoms with Crippen LogP contribution in [0.25, 0.3) is 11.2 Å². The predicted octanol–water partition coefficient (Wildman–Crippen LogP) is 2.53. The molecule has 29 heavy (non-hydrogen) atoms. The van der Waals surface area contributed by atoms with Gasteiger partial charge >= 0.3 is 0 Å². The first-order chi connectivity index (χ1) is 13.9. The number of anilines is 1. The van der Waals surface area contributed by atoms with E-state index in [1.165, 1.54) is 13.2 Å². The summed E-state index contributed by atoms with van der Waals surface area (Å²) in [5.41, 5.74) is 6.99. The van der Waals surface area contributed by atoms with Crippen molar-refractivity contribution in [2.24, 2.45) is 0 Å². The van der Waals surface area contributed by atoms with Crippen LogP contribution in [0.15, 0.2) is 35.5 Å². The molecule has 154 valence electrons. The van der Waals surface area contributed by atoms with Crippen molar-refractivity contribution < 1.29 is 13.2 Å². The maximum atomic E-state index is 12.7. The van der Waals surface area contributed by atoms with Gasteiger partial charge in [0.05, 0.1) is 18.3 Å². The molecule has 0 aliphatic heterocycles. The van der Waals surface area contributed by atoms with Crippen molar-refractivity contribution >= 4 is 38.6 Å². The van der Waals surface area contributed by atoms with E-state index in [-0.39, 0.29) is 28.1 Å². The first kappa shape index (κ1) is 19.9. The molecule has 11 heteroatoms. The summed E-state index contributed by atoms with van der Waals surface area (Å²) in [4.78, 5) is 12.7. The van der Waals surface area contributed by atoms with Crippen LogP contribution >= 0.6 is 11.6 Å². The van der Waals surface area contributed by atoms with E-state index in [9.17, 15) is 8.42 Å². The fraction of sp³-hybridized carbons (Fsp3) is 0.389. The van der Waals surface area contributed by atoms with Gasteiger partial charge < -0.3 is 15.0 Å². The normalized spacial score (nSPS) is 20.1. The van der Waals surface area contributed by atoms with E-state index in [0.29, 0.717) is 29.8 Å². The van der Waals surface area contributed by atoms with Crippen LogP contribution in [0.3, 0.4) is 0 Å². The van der Waals surface area contributed by atoms with E-state index in [0.717, 1.165) is 12.8 Å². The summed E-state index contributed by atoms with van der Waals surface area (Å²) in [5.74, 6) is 0.752. The van der Waals surface area contributed by atoms with Gasteiger partial charge in [-0.1, -0.05) is 6.07 Å². The minimum atomic E-state index is -3.61. The lowest BCUT2D eigenvalue weighted by Crippen LogP contribution is -2.37. The highest BCUT2D eigenvalue weighted by atomic mass is 35.5. The number of rotatable bonds is 5. The molecule has 1 fully saturated rings. The van der Waals surface area contributed by atoms with Crippen LogP contribution < -0.4 is 15.2 Å². The number of aromatic nitrogens is 4. The molecule has 0 amide bonds. The van der Waals surface area contributed by atoms with Crippen molar-refractivity contribution in [2.45, 2.75) is 42.7 Å². The molecule has 3 aromatic rings. The SMILES string of the molecule is COc1cccc(S(=O)(=O)N[C@H]2CC[C@@H](n3cnc4c(N)nc(Cl)nc43)CC2)c1. The summed E-state index contributed by atoms with van der Waals surface area (Å²) >= 11 is 5.94. The highest BCUT2D eigenvalue weighted by Crippen LogP contribution is 2.32. The molecule has 2 heterocycles. The number of nitrogens with one attached hydrogen (secondary N) is 1. The Morgan fingerprint density at radius 3 is 2.72 bits per heavy atom. The van der Waals surface area contributed by atoms with Crippen molar-refractivity contribution in [1.82, 2.24) is 24.2 Å². The van der Waals surface area contributed by atoms with Crippen molar-refractivity contribution in [3.05, 3.63) is 35.9 Å². The Morgan fingerprint density at radius 1 is 1.24 bits per heavy atom. The maximum Gasteiger partial charge on any atom is 0.240 e. The molecule has 1 aliphatic rings. The second kappa shape index (κ2) is 7.77. The van der Waals surface area contributed by atoms with Crippen molar-refractivity contribution in [3.63, 3.8) is 0 Å². The van der Waals surface area contributed by atoms with Gasteiger partial charge in [-0.05, 0) is 49.4 Å². The van der Waals surface area contributed by atoms with E-state index in [1.807, 2.05) is 4.57 Å². The van der Waals surface area contributed by atoms with Crippen molar-refractivity contribution in [2.75, 3.05) is 12.8 Å². The fourth-order valence-corrected chi connectivity index (χ4v) is 5.22. The minimum absolute atomic E-state index is 0.0801. The Hall–Kier alpha value is -2.43. The number of methoxy groups -OCH3 is 1. The summed E-state index contributed by atoms with van der Waals surface area (Å²) in [6, 6.07) is 6.44. The number of nitrogen functional groups attached to an aromatic ring is 1. The lowest BCUT2D eigenvalue weighted by molar-refractivity contribution is 0.315. The van der Waals surface area contributed by atoms with Gasteiger partial charge in [-0.15, -0.1) is 0 Å². The molecule has 0 saturated heterocycles. The van der Waals surface area contributed by atoms with Gasteiger partial charge in [0, 0.05) is 18.2 Å². The topological polar surface area (TPSA) is 125 Å². The van der Waals surface area contributed by atoms with E-state index < -0.39 is 10.0 Å². The maximum absolute atomic E-state index is 12.7. The van der Waals surface area contributed by atoms with E-state index in [4.69, 9.17) is 22.1 Å². The number of nitrogens with two attached hydrogens (primary N) is 1. The highest BCUT2D eigenvalue weighted by molar-refractivity contribution is 7.89. The monoisotopic (exact) mass is 436 g/mol. The van der Waals surface area contributed by atoms with Crippen molar-refractivity contribution in [3.8, 4) is 5.75 Å². The number of hydrogen-bond donors (Lipinski definition) is 2. The van der Waals surface area contributed by atoms with Crippen LogP contribution in [0.5, 0.6) is 5.75 Å². The molecule has 1 aromatic carbocycles. The average molecular weight is 437 g/mol. The number of ether oxygens (including phenoxy) is 1. The Bertz CT molecular complexity index is 1140. The molecular formula is C18H21ClN6O3S. The van der Waals surface area contributed by atoms with Gasteiger partial charge in [0.1, 0.15) is 11.3 Å². The summed E-state index contributed by atoms with van der Waals surface area (Å²) in [7, 11) is -2.11. The molecule has 1 saturated carbocycles. The van der Waals surface area contributed by atoms with Gasteiger partial charge in [-0.2, -0.15) is 9.97 Å². The quantitative estimate of drug-likeness (QED) is 0.588. The summed E-state index contributed by atoms with van der Waals surface area (Å²) in [6.45, 7) is 0. The Kier molecular flexibility index (Phi) is 5.32. The number of imidazole rings is 1. The highest BCUT2D eigenvalue weighted by Gasteiger charge is 2.28. The Labute approximate surface area is 173 Å². The van der Waals surface area contributed by atoms with Gasteiger partial charge in [0.15, 0.2) is 11.5 Å². The third-order valence-electron chi connectivity index (χ3n) is 5.18. The molecule has 0 radical (unpaired) electrons. The van der Waals surface area contributed by atoms with Gasteiger partial charge in [-0.3, -0.25) is 0 Å². The molecule has 1 aliphatic carbocycles. The van der Waals surface area contributed by atoms with E-state index in [1.54, 1.807) is 24.5 Å². The molecular weight excluding hydrogens is 416 g/mol. The molecule has 9 nitrogen and oxygen atoms in total. The number of sulfonamides is 1. The molecule has 0 spiro atoms. The molecule has 4 rings (SSSR count). The molecule has 0 bridgehead atoms. The second-order valence-corrected chi connectivity index (χ2v) is 9.06. The minimum Gasteiger partial charge on any atom is -0.497 e. The average Bonchev–Trinajstić information content (AvgIpc) is 3.12. The van der Waals surface area contributed by atoms with E-state index >= 15 is 0 Å². The molecule has 0 atom stereocenters. The first-order valence-electron chi connectivity index (χ1n) is 9.19. The number of fused-ring (bicyclic) bond motifs is 1.